The number of amides is 1. The molecule has 6 heteroatoms. The molecule has 0 aliphatic heterocycles. The summed E-state index contributed by atoms with van der Waals surface area (Å²) < 4.78 is 17.9. The molecule has 0 aromatic heterocycles. The van der Waals surface area contributed by atoms with Crippen molar-refractivity contribution in [1.82, 2.24) is 4.90 Å². The maximum atomic E-state index is 12.9. The van der Waals surface area contributed by atoms with E-state index in [9.17, 15) is 9.18 Å². The van der Waals surface area contributed by atoms with Crippen molar-refractivity contribution >= 4 is 17.3 Å². The summed E-state index contributed by atoms with van der Waals surface area (Å²) in [4.78, 5) is 14.0. The molecule has 0 saturated heterocycles. The highest BCUT2D eigenvalue weighted by atomic mass is 19.1. The van der Waals surface area contributed by atoms with Gasteiger partial charge in [-0.05, 0) is 38.6 Å². The van der Waals surface area contributed by atoms with Crippen molar-refractivity contribution in [2.24, 2.45) is 0 Å². The Morgan fingerprint density at radius 3 is 2.85 bits per heavy atom. The van der Waals surface area contributed by atoms with E-state index < -0.39 is 5.82 Å². The lowest BCUT2D eigenvalue weighted by Gasteiger charge is -2.24. The molecule has 1 rings (SSSR count). The second kappa shape index (κ2) is 7.81. The van der Waals surface area contributed by atoms with Crippen LogP contribution in [-0.2, 0) is 9.53 Å². The van der Waals surface area contributed by atoms with Crippen molar-refractivity contribution in [2.75, 3.05) is 38.4 Å². The SMILES string of the molecule is COCCCN(C)C(C)C(=O)Nc1ccc(F)cc1N. The van der Waals surface area contributed by atoms with E-state index >= 15 is 0 Å². The van der Waals surface area contributed by atoms with E-state index in [0.717, 1.165) is 13.0 Å². The molecule has 0 radical (unpaired) electrons. The molecule has 0 spiro atoms. The minimum Gasteiger partial charge on any atom is -0.397 e. The van der Waals surface area contributed by atoms with E-state index in [1.807, 2.05) is 18.9 Å². The minimum absolute atomic E-state index is 0.178. The van der Waals surface area contributed by atoms with Gasteiger partial charge in [0.2, 0.25) is 5.91 Å². The first-order valence-corrected chi connectivity index (χ1v) is 6.50. The van der Waals surface area contributed by atoms with Crippen molar-refractivity contribution in [3.8, 4) is 0 Å². The molecule has 0 fully saturated rings. The number of benzene rings is 1. The van der Waals surface area contributed by atoms with E-state index in [4.69, 9.17) is 10.5 Å². The molecule has 20 heavy (non-hydrogen) atoms. The number of hydrogen-bond acceptors (Lipinski definition) is 4. The molecule has 0 heterocycles. The number of carbonyl (C=O) groups excluding carboxylic acids is 1. The number of ether oxygens (including phenoxy) is 1. The summed E-state index contributed by atoms with van der Waals surface area (Å²) in [5, 5.41) is 2.70. The third-order valence-electron chi connectivity index (χ3n) is 3.17. The Balaban J connectivity index is 2.56. The Bertz CT molecular complexity index is 454. The number of methoxy groups -OCH3 is 1. The molecule has 1 atom stereocenters. The van der Waals surface area contributed by atoms with Gasteiger partial charge in [0.15, 0.2) is 0 Å². The lowest BCUT2D eigenvalue weighted by Crippen LogP contribution is -2.40. The van der Waals surface area contributed by atoms with Crippen LogP contribution in [0.4, 0.5) is 15.8 Å². The Morgan fingerprint density at radius 2 is 2.25 bits per heavy atom. The van der Waals surface area contributed by atoms with Crippen LogP contribution in [0, 0.1) is 5.82 Å². The average molecular weight is 283 g/mol. The van der Waals surface area contributed by atoms with Crippen LogP contribution < -0.4 is 11.1 Å². The lowest BCUT2D eigenvalue weighted by molar-refractivity contribution is -0.120. The number of carbonyl (C=O) groups is 1. The van der Waals surface area contributed by atoms with Crippen LogP contribution in [0.2, 0.25) is 0 Å². The summed E-state index contributed by atoms with van der Waals surface area (Å²) in [5.41, 5.74) is 6.30. The zero-order valence-electron chi connectivity index (χ0n) is 12.1. The molecule has 1 aromatic rings. The monoisotopic (exact) mass is 283 g/mol. The van der Waals surface area contributed by atoms with Crippen molar-refractivity contribution in [1.29, 1.82) is 0 Å². The largest absolute Gasteiger partial charge is 0.397 e. The van der Waals surface area contributed by atoms with Gasteiger partial charge in [0.1, 0.15) is 5.82 Å². The highest BCUT2D eigenvalue weighted by Gasteiger charge is 2.18. The highest BCUT2D eigenvalue weighted by molar-refractivity contribution is 5.97. The number of nitrogen functional groups attached to an aromatic ring is 1. The maximum Gasteiger partial charge on any atom is 0.241 e. The van der Waals surface area contributed by atoms with Gasteiger partial charge >= 0.3 is 0 Å². The van der Waals surface area contributed by atoms with Crippen LogP contribution in [0.25, 0.3) is 0 Å². The maximum absolute atomic E-state index is 12.9. The molecule has 5 nitrogen and oxygen atoms in total. The van der Waals surface area contributed by atoms with Gasteiger partial charge in [-0.2, -0.15) is 0 Å². The van der Waals surface area contributed by atoms with Crippen LogP contribution in [-0.4, -0.2) is 44.2 Å². The average Bonchev–Trinajstić information content (AvgIpc) is 2.41. The Hall–Kier alpha value is -1.66. The van der Waals surface area contributed by atoms with Gasteiger partial charge in [-0.15, -0.1) is 0 Å². The standard InChI is InChI=1S/C14H22FN3O2/c1-10(18(2)7-4-8-20-3)14(19)17-13-6-5-11(15)9-12(13)16/h5-6,9-10H,4,7-8,16H2,1-3H3,(H,17,19). The van der Waals surface area contributed by atoms with Crippen molar-refractivity contribution < 1.29 is 13.9 Å². The lowest BCUT2D eigenvalue weighted by atomic mass is 10.2. The van der Waals surface area contributed by atoms with Gasteiger partial charge in [0.25, 0.3) is 0 Å². The summed E-state index contributed by atoms with van der Waals surface area (Å²) in [6.45, 7) is 3.22. The van der Waals surface area contributed by atoms with Gasteiger partial charge in [0, 0.05) is 20.3 Å². The van der Waals surface area contributed by atoms with E-state index in [-0.39, 0.29) is 17.6 Å². The first kappa shape index (κ1) is 16.4. The summed E-state index contributed by atoms with van der Waals surface area (Å²) in [7, 11) is 3.52. The summed E-state index contributed by atoms with van der Waals surface area (Å²) >= 11 is 0. The Morgan fingerprint density at radius 1 is 1.55 bits per heavy atom. The third kappa shape index (κ3) is 4.79. The highest BCUT2D eigenvalue weighted by Crippen LogP contribution is 2.19. The predicted molar refractivity (Wildman–Crippen MR) is 78.0 cm³/mol. The molecule has 0 aliphatic carbocycles. The van der Waals surface area contributed by atoms with Gasteiger partial charge in [-0.1, -0.05) is 0 Å². The quantitative estimate of drug-likeness (QED) is 0.590. The summed E-state index contributed by atoms with van der Waals surface area (Å²) in [6.07, 6.45) is 0.851. The number of nitrogens with one attached hydrogen (secondary N) is 1. The fourth-order valence-electron chi connectivity index (χ4n) is 1.74. The first-order valence-electron chi connectivity index (χ1n) is 6.50. The molecule has 0 bridgehead atoms. The smallest absolute Gasteiger partial charge is 0.241 e. The molecule has 1 aromatic carbocycles. The van der Waals surface area contributed by atoms with E-state index in [0.29, 0.717) is 12.3 Å². The van der Waals surface area contributed by atoms with Crippen molar-refractivity contribution in [3.63, 3.8) is 0 Å². The van der Waals surface area contributed by atoms with Crippen LogP contribution in [0.5, 0.6) is 0 Å². The zero-order valence-corrected chi connectivity index (χ0v) is 12.1. The van der Waals surface area contributed by atoms with Crippen LogP contribution >= 0.6 is 0 Å². The Labute approximate surface area is 118 Å². The second-order valence-corrected chi connectivity index (χ2v) is 4.72. The zero-order chi connectivity index (χ0) is 15.1. The molecule has 112 valence electrons. The van der Waals surface area contributed by atoms with Gasteiger partial charge < -0.3 is 15.8 Å². The number of nitrogens with zero attached hydrogens (tertiary/aromatic N) is 1. The minimum atomic E-state index is -0.426. The van der Waals surface area contributed by atoms with Gasteiger partial charge in [0.05, 0.1) is 17.4 Å². The number of hydrogen-bond donors (Lipinski definition) is 2. The molecular formula is C14H22FN3O2. The van der Waals surface area contributed by atoms with E-state index in [1.165, 1.54) is 18.2 Å². The molecule has 1 amide bonds. The van der Waals surface area contributed by atoms with Crippen molar-refractivity contribution in [3.05, 3.63) is 24.0 Å². The van der Waals surface area contributed by atoms with Crippen molar-refractivity contribution in [2.45, 2.75) is 19.4 Å². The fourth-order valence-corrected chi connectivity index (χ4v) is 1.74. The van der Waals surface area contributed by atoms with Gasteiger partial charge in [-0.25, -0.2) is 4.39 Å². The number of nitrogens with two attached hydrogens (primary N) is 1. The molecule has 1 unspecified atom stereocenters. The molecular weight excluding hydrogens is 261 g/mol. The molecule has 0 aliphatic rings. The predicted octanol–water partition coefficient (Wildman–Crippen LogP) is 1.70. The summed E-state index contributed by atoms with van der Waals surface area (Å²) in [5.74, 6) is -0.603. The number of anilines is 2. The van der Waals surface area contributed by atoms with E-state index in [1.54, 1.807) is 7.11 Å². The first-order chi connectivity index (χ1) is 9.45. The molecule has 0 saturated carbocycles. The number of halogens is 1. The second-order valence-electron chi connectivity index (χ2n) is 4.72. The number of rotatable bonds is 7. The number of likely N-dealkylation sites (N-methyl/N-ethyl adjacent to an activating group) is 1. The normalized spacial score (nSPS) is 12.4. The fraction of sp³-hybridized carbons (Fsp3) is 0.500. The Kier molecular flexibility index (Phi) is 6.41. The van der Waals surface area contributed by atoms with Crippen LogP contribution in [0.15, 0.2) is 18.2 Å². The van der Waals surface area contributed by atoms with E-state index in [2.05, 4.69) is 5.32 Å². The summed E-state index contributed by atoms with van der Waals surface area (Å²) in [6, 6.07) is 3.60. The van der Waals surface area contributed by atoms with Crippen LogP contribution in [0.3, 0.4) is 0 Å². The topological polar surface area (TPSA) is 67.6 Å². The van der Waals surface area contributed by atoms with Gasteiger partial charge in [-0.3, -0.25) is 9.69 Å². The molecule has 3 N–H and O–H groups in total. The van der Waals surface area contributed by atoms with Crippen LogP contribution in [0.1, 0.15) is 13.3 Å². The third-order valence-corrected chi connectivity index (χ3v) is 3.17.